The third-order valence-electron chi connectivity index (χ3n) is 3.95. The lowest BCUT2D eigenvalue weighted by Crippen LogP contribution is -2.33. The number of benzene rings is 2. The van der Waals surface area contributed by atoms with E-state index in [0.29, 0.717) is 23.3 Å². The standard InChI is InChI=1S/C19H17NO2/c1-13-18(19(22)15-10-6-3-7-11-15)16(12-17(21)20-13)14-8-4-2-5-9-14/h2-11,16H,12H2,1H3,(H,20,21)/t16-/m1/s1. The van der Waals surface area contributed by atoms with E-state index >= 15 is 0 Å². The molecule has 1 heterocycles. The molecule has 2 aromatic carbocycles. The van der Waals surface area contributed by atoms with Crippen molar-refractivity contribution in [2.24, 2.45) is 0 Å². The minimum atomic E-state index is -0.192. The molecule has 1 aliphatic heterocycles. The van der Waals surface area contributed by atoms with Gasteiger partial charge in [0, 0.05) is 29.2 Å². The van der Waals surface area contributed by atoms with Crippen LogP contribution in [-0.2, 0) is 4.79 Å². The van der Waals surface area contributed by atoms with Gasteiger partial charge in [0.15, 0.2) is 5.78 Å². The highest BCUT2D eigenvalue weighted by atomic mass is 16.2. The van der Waals surface area contributed by atoms with Crippen LogP contribution in [-0.4, -0.2) is 11.7 Å². The van der Waals surface area contributed by atoms with E-state index in [0.717, 1.165) is 5.56 Å². The highest BCUT2D eigenvalue weighted by Crippen LogP contribution is 2.34. The van der Waals surface area contributed by atoms with Gasteiger partial charge in [0.2, 0.25) is 5.91 Å². The molecule has 3 nitrogen and oxygen atoms in total. The van der Waals surface area contributed by atoms with Crippen LogP contribution in [0.4, 0.5) is 0 Å². The van der Waals surface area contributed by atoms with Gasteiger partial charge in [-0.15, -0.1) is 0 Å². The summed E-state index contributed by atoms with van der Waals surface area (Å²) in [5.41, 5.74) is 2.97. The first-order chi connectivity index (χ1) is 10.7. The first kappa shape index (κ1) is 14.3. The molecule has 0 radical (unpaired) electrons. The molecular formula is C19H17NO2. The Labute approximate surface area is 129 Å². The third kappa shape index (κ3) is 2.70. The summed E-state index contributed by atoms with van der Waals surface area (Å²) in [4.78, 5) is 24.8. The number of amides is 1. The van der Waals surface area contributed by atoms with Crippen molar-refractivity contribution in [3.63, 3.8) is 0 Å². The molecule has 1 atom stereocenters. The average Bonchev–Trinajstić information content (AvgIpc) is 2.55. The van der Waals surface area contributed by atoms with Crippen LogP contribution in [0.3, 0.4) is 0 Å². The molecule has 0 aromatic heterocycles. The van der Waals surface area contributed by atoms with E-state index in [9.17, 15) is 9.59 Å². The maximum atomic E-state index is 12.9. The number of nitrogens with one attached hydrogen (secondary N) is 1. The number of hydrogen-bond donors (Lipinski definition) is 1. The number of Topliss-reactive ketones (excluding diaryl/α,β-unsaturated/α-hetero) is 1. The summed E-state index contributed by atoms with van der Waals surface area (Å²) in [6.45, 7) is 1.79. The van der Waals surface area contributed by atoms with Gasteiger partial charge in [-0.2, -0.15) is 0 Å². The van der Waals surface area contributed by atoms with Gasteiger partial charge < -0.3 is 5.32 Å². The second kappa shape index (κ2) is 5.98. The van der Waals surface area contributed by atoms with Crippen LogP contribution < -0.4 is 5.32 Å². The summed E-state index contributed by atoms with van der Waals surface area (Å²) in [5.74, 6) is -0.259. The molecule has 2 aromatic rings. The van der Waals surface area contributed by atoms with Crippen molar-refractivity contribution in [3.8, 4) is 0 Å². The summed E-state index contributed by atoms with van der Waals surface area (Å²) >= 11 is 0. The van der Waals surface area contributed by atoms with E-state index < -0.39 is 0 Å². The van der Waals surface area contributed by atoms with Crippen LogP contribution in [0.25, 0.3) is 0 Å². The monoisotopic (exact) mass is 291 g/mol. The number of carbonyl (C=O) groups excluding carboxylic acids is 2. The van der Waals surface area contributed by atoms with Crippen LogP contribution in [0, 0.1) is 0 Å². The van der Waals surface area contributed by atoms with Gasteiger partial charge >= 0.3 is 0 Å². The molecule has 0 aliphatic carbocycles. The van der Waals surface area contributed by atoms with Gasteiger partial charge in [-0.1, -0.05) is 60.7 Å². The van der Waals surface area contributed by atoms with Crippen LogP contribution >= 0.6 is 0 Å². The lowest BCUT2D eigenvalue weighted by atomic mass is 9.81. The van der Waals surface area contributed by atoms with Crippen molar-refractivity contribution in [1.29, 1.82) is 0 Å². The van der Waals surface area contributed by atoms with Crippen molar-refractivity contribution in [1.82, 2.24) is 5.32 Å². The van der Waals surface area contributed by atoms with Gasteiger partial charge in [0.1, 0.15) is 0 Å². The Morgan fingerprint density at radius 3 is 2.23 bits per heavy atom. The molecule has 3 heteroatoms. The zero-order valence-corrected chi connectivity index (χ0v) is 12.4. The van der Waals surface area contributed by atoms with Gasteiger partial charge in [-0.05, 0) is 12.5 Å². The molecule has 0 saturated carbocycles. The maximum absolute atomic E-state index is 12.9. The molecule has 0 unspecified atom stereocenters. The quantitative estimate of drug-likeness (QED) is 0.880. The molecule has 0 fully saturated rings. The van der Waals surface area contributed by atoms with Crippen molar-refractivity contribution < 1.29 is 9.59 Å². The molecule has 0 saturated heterocycles. The SMILES string of the molecule is CC1=C(C(=O)c2ccccc2)[C@@H](c2ccccc2)CC(=O)N1. The lowest BCUT2D eigenvalue weighted by molar-refractivity contribution is -0.121. The average molecular weight is 291 g/mol. The Bertz CT molecular complexity index is 733. The van der Waals surface area contributed by atoms with Crippen LogP contribution in [0.1, 0.15) is 35.2 Å². The molecule has 3 rings (SSSR count). The molecular weight excluding hydrogens is 274 g/mol. The highest BCUT2D eigenvalue weighted by Gasteiger charge is 2.31. The molecule has 1 aliphatic rings. The summed E-state index contributed by atoms with van der Waals surface area (Å²) in [5, 5.41) is 2.80. The van der Waals surface area contributed by atoms with Gasteiger partial charge in [-0.3, -0.25) is 9.59 Å². The summed E-state index contributed by atoms with van der Waals surface area (Å²) < 4.78 is 0. The first-order valence-electron chi connectivity index (χ1n) is 7.32. The summed E-state index contributed by atoms with van der Waals surface area (Å²) in [6.07, 6.45) is 0.301. The number of allylic oxidation sites excluding steroid dienone is 2. The highest BCUT2D eigenvalue weighted by molar-refractivity contribution is 6.11. The predicted molar refractivity (Wildman–Crippen MR) is 85.4 cm³/mol. The normalized spacial score (nSPS) is 18.0. The topological polar surface area (TPSA) is 46.2 Å². The van der Waals surface area contributed by atoms with E-state index in [1.165, 1.54) is 0 Å². The Morgan fingerprint density at radius 2 is 1.59 bits per heavy atom. The van der Waals surface area contributed by atoms with Crippen LogP contribution in [0.15, 0.2) is 71.9 Å². The second-order valence-corrected chi connectivity index (χ2v) is 5.45. The van der Waals surface area contributed by atoms with Gasteiger partial charge in [-0.25, -0.2) is 0 Å². The minimum absolute atomic E-state index is 0.0213. The van der Waals surface area contributed by atoms with E-state index in [4.69, 9.17) is 0 Å². The molecule has 0 spiro atoms. The number of ketones is 1. The first-order valence-corrected chi connectivity index (χ1v) is 7.32. The third-order valence-corrected chi connectivity index (χ3v) is 3.95. The molecule has 110 valence electrons. The number of rotatable bonds is 3. The number of carbonyl (C=O) groups is 2. The van der Waals surface area contributed by atoms with E-state index in [1.807, 2.05) is 48.5 Å². The molecule has 1 N–H and O–H groups in total. The second-order valence-electron chi connectivity index (χ2n) is 5.45. The predicted octanol–water partition coefficient (Wildman–Crippen LogP) is 3.45. The molecule has 0 bridgehead atoms. The Morgan fingerprint density at radius 1 is 1.00 bits per heavy atom. The Balaban J connectivity index is 2.06. The van der Waals surface area contributed by atoms with E-state index in [-0.39, 0.29) is 17.6 Å². The van der Waals surface area contributed by atoms with E-state index in [1.54, 1.807) is 19.1 Å². The Kier molecular flexibility index (Phi) is 3.88. The van der Waals surface area contributed by atoms with E-state index in [2.05, 4.69) is 5.32 Å². The van der Waals surface area contributed by atoms with Gasteiger partial charge in [0.05, 0.1) is 0 Å². The fourth-order valence-electron chi connectivity index (χ4n) is 2.92. The van der Waals surface area contributed by atoms with Crippen molar-refractivity contribution in [2.75, 3.05) is 0 Å². The number of hydrogen-bond acceptors (Lipinski definition) is 2. The van der Waals surface area contributed by atoms with Crippen molar-refractivity contribution in [3.05, 3.63) is 83.1 Å². The van der Waals surface area contributed by atoms with Gasteiger partial charge in [0.25, 0.3) is 0 Å². The largest absolute Gasteiger partial charge is 0.330 e. The smallest absolute Gasteiger partial charge is 0.225 e. The minimum Gasteiger partial charge on any atom is -0.330 e. The molecule has 1 amide bonds. The zero-order chi connectivity index (χ0) is 15.5. The fraction of sp³-hybridized carbons (Fsp3) is 0.158. The van der Waals surface area contributed by atoms with Crippen molar-refractivity contribution >= 4 is 11.7 Å². The lowest BCUT2D eigenvalue weighted by Gasteiger charge is -2.27. The van der Waals surface area contributed by atoms with Crippen LogP contribution in [0.2, 0.25) is 0 Å². The molecule has 22 heavy (non-hydrogen) atoms. The van der Waals surface area contributed by atoms with Crippen molar-refractivity contribution in [2.45, 2.75) is 19.3 Å². The summed E-state index contributed by atoms with van der Waals surface area (Å²) in [6, 6.07) is 18.9. The Hall–Kier alpha value is -2.68. The van der Waals surface area contributed by atoms with Crippen LogP contribution in [0.5, 0.6) is 0 Å². The zero-order valence-electron chi connectivity index (χ0n) is 12.4. The summed E-state index contributed by atoms with van der Waals surface area (Å²) in [7, 11) is 0. The maximum Gasteiger partial charge on any atom is 0.225 e. The fourth-order valence-corrected chi connectivity index (χ4v) is 2.92.